The van der Waals surface area contributed by atoms with Crippen molar-refractivity contribution in [2.24, 2.45) is 4.74 Å². The average Bonchev–Trinajstić information content (AvgIpc) is 2.30. The van der Waals surface area contributed by atoms with Gasteiger partial charge in [0.25, 0.3) is 0 Å². The first-order valence-corrected chi connectivity index (χ1v) is 9.90. The lowest BCUT2D eigenvalue weighted by Gasteiger charge is -2.32. The van der Waals surface area contributed by atoms with Crippen molar-refractivity contribution in [3.63, 3.8) is 0 Å². The maximum atomic E-state index is 5.11. The van der Waals surface area contributed by atoms with E-state index in [4.69, 9.17) is 4.74 Å². The number of benzene rings is 1. The summed E-state index contributed by atoms with van der Waals surface area (Å²) in [5.74, 6) is 0. The molecule has 2 heteroatoms. The largest absolute Gasteiger partial charge is 0.231 e. The van der Waals surface area contributed by atoms with Crippen LogP contribution in [-0.4, -0.2) is 5.16 Å². The molecule has 0 atom stereocenters. The third-order valence-corrected chi connectivity index (χ3v) is 4.94. The second kappa shape index (κ2) is 6.56. The standard InChI is InChI=1S/C22H38NP/c1-19(2,3)15-13-16(20(4,5)6)18(23-24-22(10,11)12)17(14-15)21(7,8)9/h13-14H,1-12H3. The van der Waals surface area contributed by atoms with Gasteiger partial charge in [0.1, 0.15) is 0 Å². The van der Waals surface area contributed by atoms with E-state index in [0.29, 0.717) is 0 Å². The monoisotopic (exact) mass is 347 g/mol. The van der Waals surface area contributed by atoms with Gasteiger partial charge in [-0.05, 0) is 32.9 Å². The zero-order chi connectivity index (χ0) is 19.1. The van der Waals surface area contributed by atoms with Crippen molar-refractivity contribution < 1.29 is 0 Å². The molecule has 0 saturated heterocycles. The Balaban J connectivity index is 3.85. The van der Waals surface area contributed by atoms with Crippen LogP contribution in [0.15, 0.2) is 16.9 Å². The van der Waals surface area contributed by atoms with Gasteiger partial charge in [-0.1, -0.05) is 95.2 Å². The summed E-state index contributed by atoms with van der Waals surface area (Å²) in [5, 5.41) is 0.174. The minimum absolute atomic E-state index is 0.0769. The van der Waals surface area contributed by atoms with E-state index in [0.717, 1.165) is 8.37 Å². The number of hydrogen-bond acceptors (Lipinski definition) is 1. The third kappa shape index (κ3) is 5.69. The molecule has 1 aromatic carbocycles. The van der Waals surface area contributed by atoms with Crippen LogP contribution < -0.4 is 0 Å². The van der Waals surface area contributed by atoms with Crippen LogP contribution in [0.25, 0.3) is 0 Å². The molecule has 0 heterocycles. The third-order valence-electron chi connectivity index (χ3n) is 4.04. The van der Waals surface area contributed by atoms with E-state index in [1.54, 1.807) is 0 Å². The summed E-state index contributed by atoms with van der Waals surface area (Å²) in [5.41, 5.74) is 5.65. The maximum Gasteiger partial charge on any atom is 0.0750 e. The quantitative estimate of drug-likeness (QED) is 0.455. The summed E-state index contributed by atoms with van der Waals surface area (Å²) >= 11 is 0. The molecule has 1 rings (SSSR count). The van der Waals surface area contributed by atoms with Crippen LogP contribution in [0.2, 0.25) is 0 Å². The van der Waals surface area contributed by atoms with Crippen LogP contribution in [0.4, 0.5) is 5.69 Å². The summed E-state index contributed by atoms with van der Waals surface area (Å²) in [4.78, 5) is 0. The normalized spacial score (nSPS) is 14.5. The van der Waals surface area contributed by atoms with Crippen LogP contribution in [-0.2, 0) is 16.2 Å². The summed E-state index contributed by atoms with van der Waals surface area (Å²) in [6.45, 7) is 27.4. The molecule has 1 nitrogen and oxygen atoms in total. The van der Waals surface area contributed by atoms with Crippen molar-refractivity contribution >= 4 is 14.1 Å². The fourth-order valence-electron chi connectivity index (χ4n) is 2.52. The number of hydrogen-bond donors (Lipinski definition) is 0. The van der Waals surface area contributed by atoms with Gasteiger partial charge < -0.3 is 0 Å². The van der Waals surface area contributed by atoms with Crippen molar-refractivity contribution in [2.75, 3.05) is 0 Å². The van der Waals surface area contributed by atoms with Gasteiger partial charge in [-0.3, -0.25) is 0 Å². The summed E-state index contributed by atoms with van der Waals surface area (Å²) in [7, 11) is 1.13. The zero-order valence-electron chi connectivity index (χ0n) is 18.0. The Hall–Kier alpha value is -0.680. The van der Waals surface area contributed by atoms with E-state index in [9.17, 15) is 0 Å². The second-order valence-corrected chi connectivity index (χ2v) is 12.8. The topological polar surface area (TPSA) is 12.4 Å². The highest BCUT2D eigenvalue weighted by atomic mass is 31.1. The molecular formula is C22H38NP. The smallest absolute Gasteiger partial charge is 0.0750 e. The highest BCUT2D eigenvalue weighted by Crippen LogP contribution is 2.45. The highest BCUT2D eigenvalue weighted by molar-refractivity contribution is 7.29. The summed E-state index contributed by atoms with van der Waals surface area (Å²) in [6.07, 6.45) is 0. The van der Waals surface area contributed by atoms with Crippen molar-refractivity contribution in [3.05, 3.63) is 28.8 Å². The van der Waals surface area contributed by atoms with Gasteiger partial charge in [0.05, 0.1) is 5.69 Å². The lowest BCUT2D eigenvalue weighted by Crippen LogP contribution is -2.21. The van der Waals surface area contributed by atoms with E-state index >= 15 is 0 Å². The predicted molar refractivity (Wildman–Crippen MR) is 111 cm³/mol. The molecule has 0 aliphatic rings. The SMILES string of the molecule is CC(C)(C)P=Nc1c(C(C)(C)C)cc(C(C)(C)C)cc1C(C)(C)C. The minimum Gasteiger partial charge on any atom is -0.231 e. The van der Waals surface area contributed by atoms with Gasteiger partial charge >= 0.3 is 0 Å². The average molecular weight is 348 g/mol. The van der Waals surface area contributed by atoms with Crippen LogP contribution in [0.3, 0.4) is 0 Å². The Morgan fingerprint density at radius 1 is 0.625 bits per heavy atom. The molecule has 0 aromatic heterocycles. The summed E-state index contributed by atoms with van der Waals surface area (Å²) in [6, 6.07) is 4.79. The highest BCUT2D eigenvalue weighted by Gasteiger charge is 2.29. The molecule has 24 heavy (non-hydrogen) atoms. The molecular weight excluding hydrogens is 309 g/mol. The van der Waals surface area contributed by atoms with E-state index in [1.807, 2.05) is 0 Å². The fourth-order valence-corrected chi connectivity index (χ4v) is 3.13. The van der Waals surface area contributed by atoms with Crippen LogP contribution in [0.5, 0.6) is 0 Å². The first kappa shape index (κ1) is 21.4. The summed E-state index contributed by atoms with van der Waals surface area (Å²) < 4.78 is 5.11. The maximum absolute atomic E-state index is 5.11. The Bertz CT molecular complexity index is 576. The molecule has 136 valence electrons. The van der Waals surface area contributed by atoms with Gasteiger partial charge in [0, 0.05) is 13.5 Å². The second-order valence-electron chi connectivity index (χ2n) is 11.0. The lowest BCUT2D eigenvalue weighted by atomic mass is 9.74. The predicted octanol–water partition coefficient (Wildman–Crippen LogP) is 8.14. The van der Waals surface area contributed by atoms with Gasteiger partial charge in [0.15, 0.2) is 0 Å². The van der Waals surface area contributed by atoms with Crippen molar-refractivity contribution in [2.45, 2.75) is 104 Å². The molecule has 0 saturated carbocycles. The molecule has 0 aliphatic heterocycles. The molecule has 0 radical (unpaired) electrons. The minimum atomic E-state index is 0.0769. The lowest BCUT2D eigenvalue weighted by molar-refractivity contribution is 0.550. The fraction of sp³-hybridized carbons (Fsp3) is 0.727. The van der Waals surface area contributed by atoms with Crippen LogP contribution in [0, 0.1) is 0 Å². The van der Waals surface area contributed by atoms with Gasteiger partial charge in [-0.2, -0.15) is 0 Å². The number of nitrogens with zero attached hydrogens (tertiary/aromatic N) is 1. The molecule has 0 bridgehead atoms. The Labute approximate surface area is 152 Å². The number of rotatable bonds is 1. The first-order valence-electron chi connectivity index (χ1n) is 9.05. The van der Waals surface area contributed by atoms with Crippen LogP contribution in [0.1, 0.15) is 99.8 Å². The Morgan fingerprint density at radius 3 is 1.25 bits per heavy atom. The first-order chi connectivity index (χ1) is 10.4. The molecule has 0 aliphatic carbocycles. The zero-order valence-corrected chi connectivity index (χ0v) is 18.9. The van der Waals surface area contributed by atoms with Crippen molar-refractivity contribution in [3.8, 4) is 0 Å². The van der Waals surface area contributed by atoms with E-state index in [2.05, 4.69) is 95.2 Å². The van der Waals surface area contributed by atoms with E-state index in [1.165, 1.54) is 22.4 Å². The molecule has 1 aromatic rings. The van der Waals surface area contributed by atoms with E-state index in [-0.39, 0.29) is 21.4 Å². The van der Waals surface area contributed by atoms with Crippen molar-refractivity contribution in [1.82, 2.24) is 0 Å². The molecule has 0 amide bonds. The Kier molecular flexibility index (Phi) is 5.84. The van der Waals surface area contributed by atoms with Gasteiger partial charge in [0.2, 0.25) is 0 Å². The molecule has 0 N–H and O–H groups in total. The van der Waals surface area contributed by atoms with E-state index < -0.39 is 0 Å². The van der Waals surface area contributed by atoms with Crippen molar-refractivity contribution in [1.29, 1.82) is 0 Å². The molecule has 0 spiro atoms. The molecule has 0 unspecified atom stereocenters. The Morgan fingerprint density at radius 2 is 1.00 bits per heavy atom. The van der Waals surface area contributed by atoms with Gasteiger partial charge in [-0.15, -0.1) is 0 Å². The van der Waals surface area contributed by atoms with Gasteiger partial charge in [-0.25, -0.2) is 4.74 Å². The molecule has 0 fully saturated rings. The van der Waals surface area contributed by atoms with Crippen LogP contribution >= 0.6 is 8.37 Å².